The van der Waals surface area contributed by atoms with Crippen LogP contribution in [0.25, 0.3) is 0 Å². The number of alkyl halides is 3. The number of rotatable bonds is 4. The van der Waals surface area contributed by atoms with Crippen molar-refractivity contribution in [1.82, 2.24) is 9.88 Å². The summed E-state index contributed by atoms with van der Waals surface area (Å²) < 4.78 is 39.4. The number of hydrogen-bond donors (Lipinski definition) is 0. The molecule has 4 nitrogen and oxygen atoms in total. The van der Waals surface area contributed by atoms with E-state index in [2.05, 4.69) is 4.98 Å². The van der Waals surface area contributed by atoms with Crippen LogP contribution in [0.2, 0.25) is 0 Å². The first kappa shape index (κ1) is 19.1. The van der Waals surface area contributed by atoms with Gasteiger partial charge in [-0.1, -0.05) is 24.3 Å². The second-order valence-corrected chi connectivity index (χ2v) is 6.59. The summed E-state index contributed by atoms with van der Waals surface area (Å²) in [6.45, 7) is 0.654. The van der Waals surface area contributed by atoms with Gasteiger partial charge in [0.15, 0.2) is 5.78 Å². The van der Waals surface area contributed by atoms with Crippen LogP contribution in [0.4, 0.5) is 13.2 Å². The fraction of sp³-hybridized carbons (Fsp3) is 0.350. The number of hydrogen-bond acceptors (Lipinski definition) is 3. The van der Waals surface area contributed by atoms with Crippen molar-refractivity contribution < 1.29 is 22.8 Å². The molecule has 0 N–H and O–H groups in total. The highest BCUT2D eigenvalue weighted by atomic mass is 19.4. The number of pyridine rings is 1. The number of amides is 1. The highest BCUT2D eigenvalue weighted by Crippen LogP contribution is 2.32. The van der Waals surface area contributed by atoms with Crippen LogP contribution < -0.4 is 0 Å². The number of Topliss-reactive ketones (excluding diaryl/α,β-unsaturated/α-hetero) is 1. The molecule has 1 amide bonds. The van der Waals surface area contributed by atoms with Crippen molar-refractivity contribution in [2.75, 3.05) is 13.1 Å². The molecule has 1 aliphatic rings. The SMILES string of the molecule is O=C(c1ccccn1)C1CCCN(C(=O)Cc2ccccc2C(F)(F)F)C1. The first-order valence-corrected chi connectivity index (χ1v) is 8.74. The van der Waals surface area contributed by atoms with Crippen LogP contribution in [0.3, 0.4) is 0 Å². The first-order chi connectivity index (χ1) is 12.9. The molecule has 1 fully saturated rings. The summed E-state index contributed by atoms with van der Waals surface area (Å²) in [5.74, 6) is -0.913. The Labute approximate surface area is 155 Å². The van der Waals surface area contributed by atoms with E-state index in [0.29, 0.717) is 25.1 Å². The molecule has 0 saturated carbocycles. The maximum atomic E-state index is 13.1. The number of halogens is 3. The van der Waals surface area contributed by atoms with E-state index in [1.165, 1.54) is 29.3 Å². The van der Waals surface area contributed by atoms with Gasteiger partial charge in [-0.3, -0.25) is 14.6 Å². The molecule has 0 bridgehead atoms. The summed E-state index contributed by atoms with van der Waals surface area (Å²) in [4.78, 5) is 30.7. The van der Waals surface area contributed by atoms with Gasteiger partial charge in [-0.05, 0) is 36.6 Å². The number of aromatic nitrogens is 1. The van der Waals surface area contributed by atoms with Crippen LogP contribution in [-0.4, -0.2) is 34.7 Å². The Bertz CT molecular complexity index is 821. The average Bonchev–Trinajstić information content (AvgIpc) is 2.68. The van der Waals surface area contributed by atoms with E-state index in [0.717, 1.165) is 6.07 Å². The number of carbonyl (C=O) groups is 2. The molecule has 0 aliphatic carbocycles. The van der Waals surface area contributed by atoms with Crippen LogP contribution in [0.1, 0.15) is 34.5 Å². The fourth-order valence-electron chi connectivity index (χ4n) is 3.36. The van der Waals surface area contributed by atoms with E-state index in [9.17, 15) is 22.8 Å². The summed E-state index contributed by atoms with van der Waals surface area (Å²) in [7, 11) is 0. The van der Waals surface area contributed by atoms with Crippen molar-refractivity contribution in [3.8, 4) is 0 Å². The zero-order valence-corrected chi connectivity index (χ0v) is 14.6. The molecule has 1 aromatic carbocycles. The third-order valence-electron chi connectivity index (χ3n) is 4.73. The maximum Gasteiger partial charge on any atom is 0.416 e. The maximum absolute atomic E-state index is 13.1. The lowest BCUT2D eigenvalue weighted by atomic mass is 9.91. The number of carbonyl (C=O) groups excluding carboxylic acids is 2. The molecular weight excluding hydrogens is 357 g/mol. The van der Waals surface area contributed by atoms with E-state index in [1.54, 1.807) is 18.2 Å². The molecule has 0 spiro atoms. The van der Waals surface area contributed by atoms with Crippen molar-refractivity contribution in [1.29, 1.82) is 0 Å². The largest absolute Gasteiger partial charge is 0.416 e. The van der Waals surface area contributed by atoms with Gasteiger partial charge in [-0.2, -0.15) is 13.2 Å². The quantitative estimate of drug-likeness (QED) is 0.764. The molecule has 1 atom stereocenters. The van der Waals surface area contributed by atoms with Crippen molar-refractivity contribution in [3.05, 3.63) is 65.5 Å². The van der Waals surface area contributed by atoms with Gasteiger partial charge in [0.1, 0.15) is 5.69 Å². The first-order valence-electron chi connectivity index (χ1n) is 8.74. The third kappa shape index (κ3) is 4.53. The smallest absolute Gasteiger partial charge is 0.342 e. The Morgan fingerprint density at radius 2 is 1.85 bits per heavy atom. The molecule has 27 heavy (non-hydrogen) atoms. The predicted octanol–water partition coefficient (Wildman–Crippen LogP) is 3.76. The van der Waals surface area contributed by atoms with Crippen LogP contribution in [-0.2, 0) is 17.4 Å². The van der Waals surface area contributed by atoms with Gasteiger partial charge in [-0.25, -0.2) is 0 Å². The Morgan fingerprint density at radius 3 is 2.56 bits per heavy atom. The van der Waals surface area contributed by atoms with Crippen LogP contribution in [0, 0.1) is 5.92 Å². The van der Waals surface area contributed by atoms with Crippen LogP contribution in [0.15, 0.2) is 48.7 Å². The average molecular weight is 376 g/mol. The highest BCUT2D eigenvalue weighted by molar-refractivity contribution is 5.96. The topological polar surface area (TPSA) is 50.3 Å². The Kier molecular flexibility index (Phi) is 5.58. The number of benzene rings is 1. The van der Waals surface area contributed by atoms with Gasteiger partial charge in [-0.15, -0.1) is 0 Å². The van der Waals surface area contributed by atoms with Crippen molar-refractivity contribution in [2.24, 2.45) is 5.92 Å². The van der Waals surface area contributed by atoms with Crippen LogP contribution >= 0.6 is 0 Å². The Morgan fingerprint density at radius 1 is 1.11 bits per heavy atom. The molecule has 1 aromatic heterocycles. The molecule has 7 heteroatoms. The zero-order chi connectivity index (χ0) is 19.4. The number of ketones is 1. The number of likely N-dealkylation sites (tertiary alicyclic amines) is 1. The van der Waals surface area contributed by atoms with Gasteiger partial charge < -0.3 is 4.90 Å². The molecule has 2 aromatic rings. The lowest BCUT2D eigenvalue weighted by molar-refractivity contribution is -0.138. The second-order valence-electron chi connectivity index (χ2n) is 6.59. The lowest BCUT2D eigenvalue weighted by Gasteiger charge is -2.32. The minimum atomic E-state index is -4.50. The molecule has 142 valence electrons. The summed E-state index contributed by atoms with van der Waals surface area (Å²) in [5.41, 5.74) is -0.496. The molecular formula is C20H19F3N2O2. The lowest BCUT2D eigenvalue weighted by Crippen LogP contribution is -2.43. The number of piperidine rings is 1. The van der Waals surface area contributed by atoms with E-state index < -0.39 is 17.6 Å². The molecule has 2 heterocycles. The fourth-order valence-corrected chi connectivity index (χ4v) is 3.36. The Hall–Kier alpha value is -2.70. The molecule has 3 rings (SSSR count). The monoisotopic (exact) mass is 376 g/mol. The van der Waals surface area contributed by atoms with E-state index in [1.807, 2.05) is 0 Å². The number of nitrogens with zero attached hydrogens (tertiary/aromatic N) is 2. The van der Waals surface area contributed by atoms with Crippen molar-refractivity contribution >= 4 is 11.7 Å². The second kappa shape index (κ2) is 7.90. The normalized spacial score (nSPS) is 17.6. The summed E-state index contributed by atoms with van der Waals surface area (Å²) in [5, 5.41) is 0. The minimum absolute atomic E-state index is 0.0480. The van der Waals surface area contributed by atoms with E-state index >= 15 is 0 Å². The zero-order valence-electron chi connectivity index (χ0n) is 14.6. The summed E-state index contributed by atoms with van der Waals surface area (Å²) >= 11 is 0. The molecule has 1 unspecified atom stereocenters. The molecule has 0 radical (unpaired) electrons. The van der Waals surface area contributed by atoms with Crippen molar-refractivity contribution in [3.63, 3.8) is 0 Å². The summed E-state index contributed by atoms with van der Waals surface area (Å²) in [6.07, 6.45) is -2.03. The molecule has 1 aliphatic heterocycles. The standard InChI is InChI=1S/C20H19F3N2O2/c21-20(22,23)16-8-2-1-6-14(16)12-18(26)25-11-5-7-15(13-25)19(27)17-9-3-4-10-24-17/h1-4,6,8-10,15H,5,7,11-13H2. The van der Waals surface area contributed by atoms with Gasteiger partial charge in [0, 0.05) is 25.2 Å². The highest BCUT2D eigenvalue weighted by Gasteiger charge is 2.34. The Balaban J connectivity index is 1.70. The van der Waals surface area contributed by atoms with Gasteiger partial charge in [0.05, 0.1) is 12.0 Å². The summed E-state index contributed by atoms with van der Waals surface area (Å²) in [6, 6.07) is 10.2. The predicted molar refractivity (Wildman–Crippen MR) is 93.0 cm³/mol. The van der Waals surface area contributed by atoms with E-state index in [4.69, 9.17) is 0 Å². The molecule has 1 saturated heterocycles. The van der Waals surface area contributed by atoms with Gasteiger partial charge in [0.2, 0.25) is 5.91 Å². The van der Waals surface area contributed by atoms with Gasteiger partial charge in [0.25, 0.3) is 0 Å². The minimum Gasteiger partial charge on any atom is -0.342 e. The van der Waals surface area contributed by atoms with E-state index in [-0.39, 0.29) is 30.2 Å². The van der Waals surface area contributed by atoms with Crippen LogP contribution in [0.5, 0.6) is 0 Å². The third-order valence-corrected chi connectivity index (χ3v) is 4.73. The van der Waals surface area contributed by atoms with Gasteiger partial charge >= 0.3 is 6.18 Å². The van der Waals surface area contributed by atoms with Crippen molar-refractivity contribution in [2.45, 2.75) is 25.4 Å².